The highest BCUT2D eigenvalue weighted by Gasteiger charge is 2.08. The van der Waals surface area contributed by atoms with Crippen LogP contribution in [0.5, 0.6) is 0 Å². The SMILES string of the molecule is C[C@H](N)C(=O)NCc1nc2ccccc2s1. The van der Waals surface area contributed by atoms with Crippen molar-refractivity contribution >= 4 is 27.5 Å². The van der Waals surface area contributed by atoms with Crippen LogP contribution in [-0.4, -0.2) is 16.9 Å². The van der Waals surface area contributed by atoms with E-state index in [-0.39, 0.29) is 5.91 Å². The van der Waals surface area contributed by atoms with Crippen LogP contribution in [0.15, 0.2) is 24.3 Å². The Morgan fingerprint density at radius 1 is 1.56 bits per heavy atom. The Bertz CT molecular complexity index is 474. The fourth-order valence-electron chi connectivity index (χ4n) is 1.32. The molecule has 0 saturated heterocycles. The highest BCUT2D eigenvalue weighted by molar-refractivity contribution is 7.18. The second-order valence-corrected chi connectivity index (χ2v) is 4.70. The number of fused-ring (bicyclic) bond motifs is 1. The zero-order chi connectivity index (χ0) is 11.5. The molecule has 2 rings (SSSR count). The molecular weight excluding hydrogens is 222 g/mol. The zero-order valence-electron chi connectivity index (χ0n) is 8.93. The van der Waals surface area contributed by atoms with E-state index >= 15 is 0 Å². The Morgan fingerprint density at radius 2 is 2.31 bits per heavy atom. The van der Waals surface area contributed by atoms with Crippen molar-refractivity contribution in [1.29, 1.82) is 0 Å². The minimum atomic E-state index is -0.477. The number of thiazole rings is 1. The Morgan fingerprint density at radius 3 is 3.00 bits per heavy atom. The maximum atomic E-state index is 11.3. The molecule has 1 aromatic carbocycles. The van der Waals surface area contributed by atoms with Crippen LogP contribution in [0.2, 0.25) is 0 Å². The summed E-state index contributed by atoms with van der Waals surface area (Å²) < 4.78 is 1.13. The normalized spacial score (nSPS) is 12.6. The average Bonchev–Trinajstić information content (AvgIpc) is 2.68. The van der Waals surface area contributed by atoms with Crippen molar-refractivity contribution in [3.05, 3.63) is 29.3 Å². The van der Waals surface area contributed by atoms with Crippen LogP contribution in [-0.2, 0) is 11.3 Å². The summed E-state index contributed by atoms with van der Waals surface area (Å²) in [5, 5.41) is 3.64. The van der Waals surface area contributed by atoms with Crippen LogP contribution < -0.4 is 11.1 Å². The van der Waals surface area contributed by atoms with Crippen LogP contribution in [0.25, 0.3) is 10.2 Å². The first kappa shape index (κ1) is 11.0. The van der Waals surface area contributed by atoms with Crippen LogP contribution in [0, 0.1) is 0 Å². The third-order valence-electron chi connectivity index (χ3n) is 2.17. The minimum absolute atomic E-state index is 0.153. The maximum Gasteiger partial charge on any atom is 0.236 e. The van der Waals surface area contributed by atoms with Crippen molar-refractivity contribution in [2.75, 3.05) is 0 Å². The largest absolute Gasteiger partial charge is 0.348 e. The summed E-state index contributed by atoms with van der Waals surface area (Å²) in [5.41, 5.74) is 6.42. The second kappa shape index (κ2) is 4.59. The van der Waals surface area contributed by atoms with Crippen molar-refractivity contribution < 1.29 is 4.79 Å². The van der Waals surface area contributed by atoms with E-state index in [0.717, 1.165) is 15.2 Å². The molecule has 0 aliphatic rings. The minimum Gasteiger partial charge on any atom is -0.348 e. The van der Waals surface area contributed by atoms with Gasteiger partial charge in [-0.2, -0.15) is 0 Å². The number of benzene rings is 1. The number of aromatic nitrogens is 1. The van der Waals surface area contributed by atoms with Gasteiger partial charge in [0, 0.05) is 0 Å². The van der Waals surface area contributed by atoms with Crippen molar-refractivity contribution in [3.63, 3.8) is 0 Å². The Kier molecular flexibility index (Phi) is 3.17. The molecule has 16 heavy (non-hydrogen) atoms. The molecule has 1 atom stereocenters. The Hall–Kier alpha value is -1.46. The van der Waals surface area contributed by atoms with Gasteiger partial charge in [0.2, 0.25) is 5.91 Å². The fourth-order valence-corrected chi connectivity index (χ4v) is 2.23. The number of carbonyl (C=O) groups excluding carboxylic acids is 1. The highest BCUT2D eigenvalue weighted by atomic mass is 32.1. The molecule has 0 unspecified atom stereocenters. The summed E-state index contributed by atoms with van der Waals surface area (Å²) in [5.74, 6) is -0.153. The van der Waals surface area contributed by atoms with E-state index < -0.39 is 6.04 Å². The van der Waals surface area contributed by atoms with Crippen LogP contribution in [0.3, 0.4) is 0 Å². The fraction of sp³-hybridized carbons (Fsp3) is 0.273. The Labute approximate surface area is 97.5 Å². The smallest absolute Gasteiger partial charge is 0.236 e. The summed E-state index contributed by atoms with van der Waals surface area (Å²) in [6, 6.07) is 7.43. The predicted octanol–water partition coefficient (Wildman–Crippen LogP) is 1.26. The van der Waals surface area contributed by atoms with Crippen molar-refractivity contribution in [2.24, 2.45) is 5.73 Å². The molecule has 0 radical (unpaired) electrons. The molecule has 0 bridgehead atoms. The Balaban J connectivity index is 2.07. The first-order valence-corrected chi connectivity index (χ1v) is 5.86. The molecular formula is C11H13N3OS. The third-order valence-corrected chi connectivity index (χ3v) is 3.20. The summed E-state index contributed by atoms with van der Waals surface area (Å²) in [6.07, 6.45) is 0. The second-order valence-electron chi connectivity index (χ2n) is 3.58. The average molecular weight is 235 g/mol. The monoisotopic (exact) mass is 235 g/mol. The first-order valence-electron chi connectivity index (χ1n) is 5.04. The third kappa shape index (κ3) is 2.37. The molecule has 84 valence electrons. The van der Waals surface area contributed by atoms with Gasteiger partial charge in [-0.05, 0) is 19.1 Å². The molecule has 0 aliphatic carbocycles. The first-order chi connectivity index (χ1) is 7.66. The number of carbonyl (C=O) groups is 1. The highest BCUT2D eigenvalue weighted by Crippen LogP contribution is 2.21. The maximum absolute atomic E-state index is 11.3. The molecule has 4 nitrogen and oxygen atoms in total. The number of nitrogens with zero attached hydrogens (tertiary/aromatic N) is 1. The predicted molar refractivity (Wildman–Crippen MR) is 65.1 cm³/mol. The number of nitrogens with two attached hydrogens (primary N) is 1. The zero-order valence-corrected chi connectivity index (χ0v) is 9.75. The van der Waals surface area contributed by atoms with E-state index in [1.165, 1.54) is 0 Å². The van der Waals surface area contributed by atoms with Crippen LogP contribution in [0.4, 0.5) is 0 Å². The van der Waals surface area contributed by atoms with E-state index in [4.69, 9.17) is 5.73 Å². The van der Waals surface area contributed by atoms with Crippen molar-refractivity contribution in [1.82, 2.24) is 10.3 Å². The standard InChI is InChI=1S/C11H13N3OS/c1-7(12)11(15)13-6-10-14-8-4-2-3-5-9(8)16-10/h2-5,7H,6,12H2,1H3,(H,13,15)/t7-/m0/s1. The van der Waals surface area contributed by atoms with Gasteiger partial charge in [-0.1, -0.05) is 12.1 Å². The van der Waals surface area contributed by atoms with Gasteiger partial charge in [-0.25, -0.2) is 4.98 Å². The molecule has 1 heterocycles. The van der Waals surface area contributed by atoms with Gasteiger partial charge in [0.1, 0.15) is 5.01 Å². The molecule has 0 spiro atoms. The molecule has 3 N–H and O–H groups in total. The molecule has 0 saturated carbocycles. The van der Waals surface area contributed by atoms with E-state index in [2.05, 4.69) is 10.3 Å². The molecule has 1 aromatic heterocycles. The lowest BCUT2D eigenvalue weighted by Gasteiger charge is -2.04. The molecule has 2 aromatic rings. The van der Waals surface area contributed by atoms with E-state index in [1.807, 2.05) is 24.3 Å². The van der Waals surface area contributed by atoms with E-state index in [9.17, 15) is 4.79 Å². The topological polar surface area (TPSA) is 68.0 Å². The lowest BCUT2D eigenvalue weighted by Crippen LogP contribution is -2.37. The number of amides is 1. The van der Waals surface area contributed by atoms with E-state index in [0.29, 0.717) is 6.54 Å². The van der Waals surface area contributed by atoms with Crippen LogP contribution >= 0.6 is 11.3 Å². The number of hydrogen-bond acceptors (Lipinski definition) is 4. The lowest BCUT2D eigenvalue weighted by atomic mass is 10.3. The van der Waals surface area contributed by atoms with Gasteiger partial charge >= 0.3 is 0 Å². The summed E-state index contributed by atoms with van der Waals surface area (Å²) in [6.45, 7) is 2.10. The number of para-hydroxylation sites is 1. The number of rotatable bonds is 3. The van der Waals surface area contributed by atoms with Gasteiger partial charge in [0.05, 0.1) is 22.8 Å². The molecule has 1 amide bonds. The van der Waals surface area contributed by atoms with Gasteiger partial charge in [0.25, 0.3) is 0 Å². The van der Waals surface area contributed by atoms with Gasteiger partial charge in [-0.15, -0.1) is 11.3 Å². The van der Waals surface area contributed by atoms with Gasteiger partial charge < -0.3 is 11.1 Å². The van der Waals surface area contributed by atoms with Crippen LogP contribution in [0.1, 0.15) is 11.9 Å². The van der Waals surface area contributed by atoms with Crippen molar-refractivity contribution in [3.8, 4) is 0 Å². The lowest BCUT2D eigenvalue weighted by molar-refractivity contribution is -0.122. The van der Waals surface area contributed by atoms with E-state index in [1.54, 1.807) is 18.3 Å². The quantitative estimate of drug-likeness (QED) is 0.841. The molecule has 5 heteroatoms. The molecule has 0 fully saturated rings. The van der Waals surface area contributed by atoms with Crippen molar-refractivity contribution in [2.45, 2.75) is 19.5 Å². The summed E-state index contributed by atoms with van der Waals surface area (Å²) >= 11 is 1.58. The number of nitrogens with one attached hydrogen (secondary N) is 1. The summed E-state index contributed by atoms with van der Waals surface area (Å²) in [4.78, 5) is 15.7. The number of hydrogen-bond donors (Lipinski definition) is 2. The summed E-state index contributed by atoms with van der Waals surface area (Å²) in [7, 11) is 0. The molecule has 0 aliphatic heterocycles. The van der Waals surface area contributed by atoms with Gasteiger partial charge in [0.15, 0.2) is 0 Å². The van der Waals surface area contributed by atoms with Gasteiger partial charge in [-0.3, -0.25) is 4.79 Å².